The summed E-state index contributed by atoms with van der Waals surface area (Å²) in [4.78, 5) is 10.8. The molecule has 13 heavy (non-hydrogen) atoms. The fraction of sp³-hybridized carbons (Fsp3) is 0.800. The van der Waals surface area contributed by atoms with Gasteiger partial charge in [0.05, 0.1) is 6.61 Å². The standard InChI is InChI=1S/C5H8Cl2O3S3/c1-2-9-5(8)12-13-11-3-10-4(6)7/h4H,2-3H2,1H3. The maximum atomic E-state index is 10.8. The molecule has 0 aliphatic rings. The van der Waals surface area contributed by atoms with E-state index in [1.54, 1.807) is 6.92 Å². The van der Waals surface area contributed by atoms with Crippen molar-refractivity contribution in [2.24, 2.45) is 0 Å². The molecule has 0 aromatic rings. The lowest BCUT2D eigenvalue weighted by Gasteiger charge is -2.02. The molecule has 0 fully saturated rings. The molecule has 0 unspecified atom stereocenters. The van der Waals surface area contributed by atoms with Crippen molar-refractivity contribution in [1.82, 2.24) is 0 Å². The van der Waals surface area contributed by atoms with E-state index in [4.69, 9.17) is 27.9 Å². The van der Waals surface area contributed by atoms with Crippen LogP contribution in [0.2, 0.25) is 0 Å². The number of hydrogen-bond acceptors (Lipinski definition) is 6. The van der Waals surface area contributed by atoms with Gasteiger partial charge in [-0.15, -0.1) is 0 Å². The second-order valence-corrected chi connectivity index (χ2v) is 6.46. The lowest BCUT2D eigenvalue weighted by Crippen LogP contribution is -1.94. The van der Waals surface area contributed by atoms with Crippen molar-refractivity contribution in [3.63, 3.8) is 0 Å². The van der Waals surface area contributed by atoms with Gasteiger partial charge in [-0.05, 0) is 16.7 Å². The summed E-state index contributed by atoms with van der Waals surface area (Å²) in [5.41, 5.74) is 0. The number of halogens is 2. The van der Waals surface area contributed by atoms with Gasteiger partial charge in [0.15, 0.2) is 0 Å². The molecular formula is C5H8Cl2O3S3. The van der Waals surface area contributed by atoms with Crippen LogP contribution in [-0.2, 0) is 9.47 Å². The predicted octanol–water partition coefficient (Wildman–Crippen LogP) is 3.91. The van der Waals surface area contributed by atoms with Gasteiger partial charge >= 0.3 is 5.30 Å². The monoisotopic (exact) mass is 282 g/mol. The number of carbonyl (C=O) groups excluding carboxylic acids is 1. The number of carbonyl (C=O) groups is 1. The summed E-state index contributed by atoms with van der Waals surface area (Å²) in [6.45, 7) is 2.14. The van der Waals surface area contributed by atoms with Gasteiger partial charge in [0.2, 0.25) is 5.02 Å². The van der Waals surface area contributed by atoms with Gasteiger partial charge < -0.3 is 9.47 Å². The molecule has 0 aromatic heterocycles. The first-order valence-electron chi connectivity index (χ1n) is 3.19. The first-order valence-corrected chi connectivity index (χ1v) is 7.72. The smallest absolute Gasteiger partial charge is 0.378 e. The summed E-state index contributed by atoms with van der Waals surface area (Å²) in [5, 5.41) is -1.13. The molecule has 0 saturated carbocycles. The first-order chi connectivity index (χ1) is 6.16. The molecule has 0 atom stereocenters. The van der Waals surface area contributed by atoms with Crippen LogP contribution in [0.3, 0.4) is 0 Å². The van der Waals surface area contributed by atoms with E-state index in [1.165, 1.54) is 20.6 Å². The van der Waals surface area contributed by atoms with Crippen LogP contribution in [-0.4, -0.2) is 22.9 Å². The van der Waals surface area contributed by atoms with Gasteiger partial charge in [-0.1, -0.05) is 34.0 Å². The van der Waals surface area contributed by atoms with Gasteiger partial charge in [-0.2, -0.15) is 0 Å². The van der Waals surface area contributed by atoms with E-state index in [0.717, 1.165) is 10.8 Å². The quantitative estimate of drug-likeness (QED) is 0.242. The van der Waals surface area contributed by atoms with Gasteiger partial charge in [0, 0.05) is 10.8 Å². The highest BCUT2D eigenvalue weighted by Gasteiger charge is 2.04. The zero-order valence-electron chi connectivity index (χ0n) is 6.70. The molecule has 0 spiro atoms. The molecule has 0 N–H and O–H groups in total. The van der Waals surface area contributed by atoms with Crippen molar-refractivity contribution in [2.45, 2.75) is 11.9 Å². The maximum Gasteiger partial charge on any atom is 0.378 e. The fourth-order valence-electron chi connectivity index (χ4n) is 0.293. The average Bonchev–Trinajstić information content (AvgIpc) is 2.03. The molecule has 3 nitrogen and oxygen atoms in total. The molecule has 0 aromatic carbocycles. The molecular weight excluding hydrogens is 275 g/mol. The minimum Gasteiger partial charge on any atom is -0.457 e. The van der Waals surface area contributed by atoms with Gasteiger partial charge in [-0.25, -0.2) is 4.79 Å². The highest BCUT2D eigenvalue weighted by atomic mass is 35.5. The molecule has 8 heteroatoms. The Morgan fingerprint density at radius 2 is 2.23 bits per heavy atom. The second-order valence-electron chi connectivity index (χ2n) is 1.50. The fourth-order valence-corrected chi connectivity index (χ4v) is 3.09. The van der Waals surface area contributed by atoms with E-state index in [9.17, 15) is 4.79 Å². The van der Waals surface area contributed by atoms with Crippen molar-refractivity contribution >= 4 is 59.9 Å². The van der Waals surface area contributed by atoms with Crippen molar-refractivity contribution in [1.29, 1.82) is 0 Å². The lowest BCUT2D eigenvalue weighted by atomic mass is 10.9. The van der Waals surface area contributed by atoms with Crippen LogP contribution >= 0.6 is 54.6 Å². The van der Waals surface area contributed by atoms with E-state index in [1.807, 2.05) is 0 Å². The number of hydrogen-bond donors (Lipinski definition) is 0. The summed E-state index contributed by atoms with van der Waals surface area (Å²) in [7, 11) is 3.59. The number of ether oxygens (including phenoxy) is 2. The molecule has 0 radical (unpaired) electrons. The largest absolute Gasteiger partial charge is 0.457 e. The van der Waals surface area contributed by atoms with Crippen LogP contribution in [0.4, 0.5) is 4.79 Å². The topological polar surface area (TPSA) is 35.5 Å². The van der Waals surface area contributed by atoms with Crippen molar-refractivity contribution in [3.8, 4) is 0 Å². The van der Waals surface area contributed by atoms with Crippen LogP contribution in [0.5, 0.6) is 0 Å². The minimum atomic E-state index is -0.819. The Labute approximate surface area is 98.4 Å². The molecule has 0 aliphatic carbocycles. The van der Waals surface area contributed by atoms with E-state index in [-0.39, 0.29) is 5.30 Å². The number of rotatable bonds is 6. The number of alkyl halides is 2. The third kappa shape index (κ3) is 11.0. The summed E-state index contributed by atoms with van der Waals surface area (Å²) in [6.07, 6.45) is 0. The van der Waals surface area contributed by atoms with Crippen molar-refractivity contribution in [2.75, 3.05) is 12.5 Å². The van der Waals surface area contributed by atoms with E-state index in [0.29, 0.717) is 12.5 Å². The minimum absolute atomic E-state index is 0.312. The second kappa shape index (κ2) is 9.61. The van der Waals surface area contributed by atoms with Crippen LogP contribution < -0.4 is 0 Å². The third-order valence-corrected chi connectivity index (χ3v) is 4.23. The summed E-state index contributed by atoms with van der Waals surface area (Å²) in [5.74, 6) is 0.328. The molecule has 0 heterocycles. The zero-order valence-corrected chi connectivity index (χ0v) is 10.7. The lowest BCUT2D eigenvalue weighted by molar-refractivity contribution is 0.182. The predicted molar refractivity (Wildman–Crippen MR) is 61.2 cm³/mol. The SMILES string of the molecule is CCOC(=O)SSSCOC(Cl)Cl. The van der Waals surface area contributed by atoms with Crippen LogP contribution in [0.1, 0.15) is 6.92 Å². The Kier molecular flexibility index (Phi) is 10.4. The molecule has 0 rings (SSSR count). The summed E-state index contributed by atoms with van der Waals surface area (Å²) >= 11 is 10.6. The van der Waals surface area contributed by atoms with Gasteiger partial charge in [-0.3, -0.25) is 0 Å². The Balaban J connectivity index is 3.11. The Morgan fingerprint density at radius 1 is 1.54 bits per heavy atom. The highest BCUT2D eigenvalue weighted by Crippen LogP contribution is 2.35. The van der Waals surface area contributed by atoms with E-state index < -0.39 is 5.02 Å². The maximum absolute atomic E-state index is 10.8. The summed E-state index contributed by atoms with van der Waals surface area (Å²) < 4.78 is 9.46. The van der Waals surface area contributed by atoms with Gasteiger partial charge in [0.1, 0.15) is 5.94 Å². The highest BCUT2D eigenvalue weighted by molar-refractivity contribution is 9.11. The van der Waals surface area contributed by atoms with Crippen LogP contribution in [0.15, 0.2) is 0 Å². The van der Waals surface area contributed by atoms with Gasteiger partial charge in [0.25, 0.3) is 0 Å². The van der Waals surface area contributed by atoms with Crippen molar-refractivity contribution in [3.05, 3.63) is 0 Å². The normalized spacial score (nSPS) is 10.5. The Bertz CT molecular complexity index is 147. The first kappa shape index (κ1) is 14.1. The zero-order chi connectivity index (χ0) is 10.1. The molecule has 78 valence electrons. The Hall–Kier alpha value is 1.06. The molecule has 0 amide bonds. The van der Waals surface area contributed by atoms with E-state index in [2.05, 4.69) is 4.74 Å². The molecule has 0 saturated heterocycles. The summed E-state index contributed by atoms with van der Waals surface area (Å²) in [6, 6.07) is 0. The van der Waals surface area contributed by atoms with Crippen LogP contribution in [0, 0.1) is 0 Å². The molecule has 0 aliphatic heterocycles. The van der Waals surface area contributed by atoms with E-state index >= 15 is 0 Å². The Morgan fingerprint density at radius 3 is 2.77 bits per heavy atom. The molecule has 0 bridgehead atoms. The third-order valence-electron chi connectivity index (χ3n) is 0.655. The van der Waals surface area contributed by atoms with Crippen molar-refractivity contribution < 1.29 is 14.3 Å². The van der Waals surface area contributed by atoms with Crippen LogP contribution in [0.25, 0.3) is 0 Å². The average molecular weight is 283 g/mol.